The van der Waals surface area contributed by atoms with Crippen molar-refractivity contribution in [1.82, 2.24) is 14.9 Å². The van der Waals surface area contributed by atoms with Crippen molar-refractivity contribution in [1.29, 1.82) is 0 Å². The second-order valence-electron chi connectivity index (χ2n) is 6.14. The van der Waals surface area contributed by atoms with Crippen LogP contribution in [0.25, 0.3) is 22.7 Å². The van der Waals surface area contributed by atoms with Crippen LogP contribution >= 0.6 is 35.0 Å². The molecule has 3 aromatic heterocycles. The lowest BCUT2D eigenvalue weighted by Crippen LogP contribution is -2.13. The molecule has 0 unspecified atom stereocenters. The number of hydrogen-bond acceptors (Lipinski definition) is 6. The Hall–Kier alpha value is -2.48. The van der Waals surface area contributed by atoms with Gasteiger partial charge in [-0.05, 0) is 43.3 Å². The van der Waals surface area contributed by atoms with Crippen LogP contribution in [0.3, 0.4) is 0 Å². The minimum atomic E-state index is 0.483. The lowest BCUT2D eigenvalue weighted by molar-refractivity contribution is 0.534. The van der Waals surface area contributed by atoms with Gasteiger partial charge in [-0.1, -0.05) is 35.0 Å². The molecule has 0 fully saturated rings. The molecule has 0 bridgehead atoms. The molecular formula is C19H12Cl2N4O2S. The summed E-state index contributed by atoms with van der Waals surface area (Å²) in [6, 6.07) is 11.0. The quantitative estimate of drug-likeness (QED) is 0.412. The minimum absolute atomic E-state index is 0.483. The van der Waals surface area contributed by atoms with Crippen LogP contribution in [0.1, 0.15) is 11.5 Å². The highest BCUT2D eigenvalue weighted by molar-refractivity contribution is 7.99. The van der Waals surface area contributed by atoms with Gasteiger partial charge in [0.1, 0.15) is 17.2 Å². The molecule has 0 amide bonds. The summed E-state index contributed by atoms with van der Waals surface area (Å²) in [5, 5.41) is 14.9. The molecule has 0 saturated heterocycles. The Morgan fingerprint density at radius 3 is 2.68 bits per heavy atom. The second kappa shape index (κ2) is 6.84. The van der Waals surface area contributed by atoms with E-state index in [0.717, 1.165) is 27.8 Å². The van der Waals surface area contributed by atoms with E-state index in [1.807, 2.05) is 31.2 Å². The molecule has 5 rings (SSSR count). The molecule has 4 heterocycles. The number of aryl methyl sites for hydroxylation is 1. The van der Waals surface area contributed by atoms with Gasteiger partial charge in [-0.15, -0.1) is 10.2 Å². The first-order valence-corrected chi connectivity index (χ1v) is 10.1. The van der Waals surface area contributed by atoms with Crippen molar-refractivity contribution in [2.75, 3.05) is 5.75 Å². The van der Waals surface area contributed by atoms with Crippen LogP contribution < -0.4 is 0 Å². The van der Waals surface area contributed by atoms with E-state index in [4.69, 9.17) is 37.1 Å². The molecule has 0 N–H and O–H groups in total. The van der Waals surface area contributed by atoms with Gasteiger partial charge in [0.25, 0.3) is 0 Å². The van der Waals surface area contributed by atoms with Crippen molar-refractivity contribution in [2.45, 2.75) is 12.1 Å². The van der Waals surface area contributed by atoms with Gasteiger partial charge >= 0.3 is 0 Å². The van der Waals surface area contributed by atoms with Crippen molar-refractivity contribution in [3.05, 3.63) is 64.2 Å². The Labute approximate surface area is 174 Å². The van der Waals surface area contributed by atoms with Crippen molar-refractivity contribution in [2.24, 2.45) is 5.10 Å². The standard InChI is InChI=1S/C19H12Cl2N4O2S/c1-10-12(6-7-26-10)18-22-23-19-25(18)24-15(9-28-19)17-5-4-16(27-17)11-2-3-13(20)14(21)8-11/h2-8H,9H2,1H3. The van der Waals surface area contributed by atoms with E-state index in [0.29, 0.717) is 33.1 Å². The number of halogens is 2. The number of rotatable bonds is 3. The Bertz CT molecular complexity index is 1220. The topological polar surface area (TPSA) is 69.3 Å². The Morgan fingerprint density at radius 2 is 1.89 bits per heavy atom. The van der Waals surface area contributed by atoms with E-state index in [2.05, 4.69) is 10.2 Å². The molecule has 1 aromatic carbocycles. The molecule has 140 valence electrons. The van der Waals surface area contributed by atoms with E-state index in [1.54, 1.807) is 34.8 Å². The highest BCUT2D eigenvalue weighted by Gasteiger charge is 2.24. The van der Waals surface area contributed by atoms with Gasteiger partial charge in [0.2, 0.25) is 5.16 Å². The highest BCUT2D eigenvalue weighted by Crippen LogP contribution is 2.33. The number of furan rings is 2. The maximum absolute atomic E-state index is 6.12. The van der Waals surface area contributed by atoms with E-state index >= 15 is 0 Å². The van der Waals surface area contributed by atoms with Crippen LogP contribution in [0.15, 0.2) is 61.8 Å². The van der Waals surface area contributed by atoms with Crippen LogP contribution in [0, 0.1) is 6.92 Å². The average Bonchev–Trinajstić information content (AvgIpc) is 3.42. The molecule has 4 aromatic rings. The lowest BCUT2D eigenvalue weighted by atomic mass is 10.2. The summed E-state index contributed by atoms with van der Waals surface area (Å²) in [6.07, 6.45) is 1.63. The number of aromatic nitrogens is 3. The van der Waals surface area contributed by atoms with E-state index < -0.39 is 0 Å². The van der Waals surface area contributed by atoms with Crippen LogP contribution in [-0.4, -0.2) is 26.3 Å². The number of hydrogen-bond donors (Lipinski definition) is 0. The van der Waals surface area contributed by atoms with Crippen LogP contribution in [0.4, 0.5) is 0 Å². The summed E-state index contributed by atoms with van der Waals surface area (Å²) >= 11 is 13.7. The number of thioether (sulfide) groups is 1. The van der Waals surface area contributed by atoms with Crippen molar-refractivity contribution in [3.8, 4) is 22.7 Å². The highest BCUT2D eigenvalue weighted by atomic mass is 35.5. The first-order valence-electron chi connectivity index (χ1n) is 8.36. The van der Waals surface area contributed by atoms with Gasteiger partial charge in [0.05, 0.1) is 21.9 Å². The summed E-state index contributed by atoms with van der Waals surface area (Å²) in [5.74, 6) is 3.42. The molecule has 0 aliphatic carbocycles. The number of fused-ring (bicyclic) bond motifs is 1. The second-order valence-corrected chi connectivity index (χ2v) is 7.89. The van der Waals surface area contributed by atoms with Crippen molar-refractivity contribution in [3.63, 3.8) is 0 Å². The third-order valence-electron chi connectivity index (χ3n) is 4.37. The largest absolute Gasteiger partial charge is 0.469 e. The van der Waals surface area contributed by atoms with Crippen molar-refractivity contribution >= 4 is 40.7 Å². The molecule has 28 heavy (non-hydrogen) atoms. The fourth-order valence-corrected chi connectivity index (χ4v) is 4.04. The predicted octanol–water partition coefficient (Wildman–Crippen LogP) is 5.77. The lowest BCUT2D eigenvalue weighted by Gasteiger charge is -2.12. The molecule has 9 heteroatoms. The van der Waals surface area contributed by atoms with E-state index in [1.165, 1.54) is 0 Å². The van der Waals surface area contributed by atoms with E-state index in [-0.39, 0.29) is 0 Å². The van der Waals surface area contributed by atoms with Crippen LogP contribution in [0.5, 0.6) is 0 Å². The number of benzene rings is 1. The Kier molecular flexibility index (Phi) is 4.30. The molecule has 0 radical (unpaired) electrons. The minimum Gasteiger partial charge on any atom is -0.469 e. The van der Waals surface area contributed by atoms with Crippen LogP contribution in [0.2, 0.25) is 10.0 Å². The fraction of sp³-hybridized carbons (Fsp3) is 0.105. The smallest absolute Gasteiger partial charge is 0.212 e. The zero-order valence-corrected chi connectivity index (χ0v) is 16.8. The summed E-state index contributed by atoms with van der Waals surface area (Å²) in [5.41, 5.74) is 2.51. The van der Waals surface area contributed by atoms with E-state index in [9.17, 15) is 0 Å². The third-order valence-corrected chi connectivity index (χ3v) is 6.03. The van der Waals surface area contributed by atoms with Gasteiger partial charge in [0, 0.05) is 11.3 Å². The molecule has 0 atom stereocenters. The maximum Gasteiger partial charge on any atom is 0.212 e. The van der Waals surface area contributed by atoms with Gasteiger partial charge in [-0.3, -0.25) is 0 Å². The summed E-state index contributed by atoms with van der Waals surface area (Å²) in [6.45, 7) is 1.88. The fourth-order valence-electron chi connectivity index (χ4n) is 2.93. The first-order chi connectivity index (χ1) is 13.6. The molecule has 1 aliphatic rings. The molecule has 0 saturated carbocycles. The zero-order chi connectivity index (χ0) is 19.3. The van der Waals surface area contributed by atoms with Gasteiger partial charge in [0.15, 0.2) is 11.6 Å². The average molecular weight is 431 g/mol. The predicted molar refractivity (Wildman–Crippen MR) is 109 cm³/mol. The molecular weight excluding hydrogens is 419 g/mol. The van der Waals surface area contributed by atoms with Crippen molar-refractivity contribution < 1.29 is 8.83 Å². The zero-order valence-electron chi connectivity index (χ0n) is 14.5. The van der Waals surface area contributed by atoms with Crippen LogP contribution in [-0.2, 0) is 0 Å². The summed E-state index contributed by atoms with van der Waals surface area (Å²) in [4.78, 5) is 0. The SMILES string of the molecule is Cc1occc1-c1nnc2n1N=C(c1ccc(-c3ccc(Cl)c(Cl)c3)o1)CS2. The monoisotopic (exact) mass is 430 g/mol. The number of nitrogens with zero attached hydrogens (tertiary/aromatic N) is 4. The first kappa shape index (κ1) is 17.6. The Morgan fingerprint density at radius 1 is 1.04 bits per heavy atom. The molecule has 0 spiro atoms. The van der Waals surface area contributed by atoms with Gasteiger partial charge in [-0.2, -0.15) is 9.78 Å². The third kappa shape index (κ3) is 2.96. The summed E-state index contributed by atoms with van der Waals surface area (Å²) < 4.78 is 13.1. The molecule has 6 nitrogen and oxygen atoms in total. The maximum atomic E-state index is 6.12. The molecule has 1 aliphatic heterocycles. The normalized spacial score (nSPS) is 13.5. The van der Waals surface area contributed by atoms with Gasteiger partial charge < -0.3 is 8.83 Å². The van der Waals surface area contributed by atoms with Gasteiger partial charge in [-0.25, -0.2) is 0 Å². The Balaban J connectivity index is 1.52. The summed E-state index contributed by atoms with van der Waals surface area (Å²) in [7, 11) is 0.